The number of nitrogens with zero attached hydrogens (tertiary/aromatic N) is 4. The summed E-state index contributed by atoms with van der Waals surface area (Å²) in [6.07, 6.45) is -0.825. The van der Waals surface area contributed by atoms with Gasteiger partial charge in [-0.1, -0.05) is 0 Å². The number of hydrogen-bond donors (Lipinski definition) is 1. The van der Waals surface area contributed by atoms with E-state index in [1.807, 2.05) is 9.80 Å². The van der Waals surface area contributed by atoms with Crippen molar-refractivity contribution in [3.63, 3.8) is 0 Å². The van der Waals surface area contributed by atoms with E-state index in [1.54, 1.807) is 0 Å². The maximum atomic E-state index is 13.3. The Balaban J connectivity index is 1.83. The van der Waals surface area contributed by atoms with E-state index in [9.17, 15) is 18.0 Å². The first-order chi connectivity index (χ1) is 12.3. The predicted octanol–water partition coefficient (Wildman–Crippen LogP) is 2.45. The van der Waals surface area contributed by atoms with Crippen molar-refractivity contribution in [3.8, 4) is 0 Å². The summed E-state index contributed by atoms with van der Waals surface area (Å²) >= 11 is 0. The number of rotatable bonds is 4. The number of carbonyl (C=O) groups is 1. The first-order valence-electron chi connectivity index (χ1n) is 9.03. The second-order valence-electron chi connectivity index (χ2n) is 6.99. The second kappa shape index (κ2) is 7.67. The molecule has 1 unspecified atom stereocenters. The molecule has 6 nitrogen and oxygen atoms in total. The lowest BCUT2D eigenvalue weighted by Crippen LogP contribution is -2.41. The highest BCUT2D eigenvalue weighted by atomic mass is 19.4. The third-order valence-electron chi connectivity index (χ3n) is 4.86. The molecule has 2 aliphatic rings. The molecule has 3 rings (SSSR count). The highest BCUT2D eigenvalue weighted by Gasteiger charge is 2.35. The van der Waals surface area contributed by atoms with Gasteiger partial charge in [-0.3, -0.25) is 4.79 Å². The van der Waals surface area contributed by atoms with Gasteiger partial charge in [-0.25, -0.2) is 4.98 Å². The summed E-state index contributed by atoms with van der Waals surface area (Å²) in [6, 6.07) is 1.04. The summed E-state index contributed by atoms with van der Waals surface area (Å²) in [4.78, 5) is 23.0. The molecule has 3 heterocycles. The summed E-state index contributed by atoms with van der Waals surface area (Å²) in [5, 5.41) is 2.79. The van der Waals surface area contributed by atoms with Gasteiger partial charge in [0.1, 0.15) is 5.82 Å². The molecule has 0 aromatic carbocycles. The van der Waals surface area contributed by atoms with E-state index in [-0.39, 0.29) is 17.8 Å². The van der Waals surface area contributed by atoms with Crippen molar-refractivity contribution < 1.29 is 18.0 Å². The van der Waals surface area contributed by atoms with E-state index in [1.165, 1.54) is 6.92 Å². The molecular formula is C17H24F3N5O. The number of nitrogens with one attached hydrogen (secondary N) is 1. The largest absolute Gasteiger partial charge is 0.433 e. The zero-order valence-electron chi connectivity index (χ0n) is 14.8. The zero-order chi connectivity index (χ0) is 18.7. The quantitative estimate of drug-likeness (QED) is 0.881. The van der Waals surface area contributed by atoms with Crippen molar-refractivity contribution in [1.29, 1.82) is 0 Å². The van der Waals surface area contributed by atoms with E-state index < -0.39 is 11.9 Å². The molecule has 9 heteroatoms. The van der Waals surface area contributed by atoms with E-state index >= 15 is 0 Å². The number of piperidine rings is 1. The molecule has 1 aromatic rings. The van der Waals surface area contributed by atoms with Crippen LogP contribution in [0.1, 0.15) is 38.3 Å². The molecule has 0 spiro atoms. The average Bonchev–Trinajstić information content (AvgIpc) is 3.14. The smallest absolute Gasteiger partial charge is 0.356 e. The van der Waals surface area contributed by atoms with Gasteiger partial charge in [0.25, 0.3) is 0 Å². The van der Waals surface area contributed by atoms with Gasteiger partial charge >= 0.3 is 6.18 Å². The fourth-order valence-electron chi connectivity index (χ4n) is 3.52. The van der Waals surface area contributed by atoms with Crippen molar-refractivity contribution in [2.75, 3.05) is 42.5 Å². The van der Waals surface area contributed by atoms with Crippen LogP contribution in [0.15, 0.2) is 6.07 Å². The Morgan fingerprint density at radius 3 is 2.54 bits per heavy atom. The summed E-state index contributed by atoms with van der Waals surface area (Å²) in [6.45, 7) is 4.60. The van der Waals surface area contributed by atoms with Crippen molar-refractivity contribution >= 4 is 17.7 Å². The van der Waals surface area contributed by atoms with Crippen LogP contribution in [-0.2, 0) is 11.0 Å². The summed E-state index contributed by atoms with van der Waals surface area (Å²) in [5.41, 5.74) is -0.895. The van der Waals surface area contributed by atoms with Crippen LogP contribution in [-0.4, -0.2) is 48.6 Å². The van der Waals surface area contributed by atoms with Crippen molar-refractivity contribution in [2.24, 2.45) is 5.92 Å². The number of amides is 1. The minimum atomic E-state index is -4.50. The van der Waals surface area contributed by atoms with Gasteiger partial charge in [0.2, 0.25) is 11.9 Å². The van der Waals surface area contributed by atoms with Gasteiger partial charge in [0, 0.05) is 45.7 Å². The first-order valence-corrected chi connectivity index (χ1v) is 9.03. The molecule has 144 valence electrons. The molecule has 26 heavy (non-hydrogen) atoms. The maximum absolute atomic E-state index is 13.3. The Morgan fingerprint density at radius 2 is 1.88 bits per heavy atom. The van der Waals surface area contributed by atoms with Crippen LogP contribution >= 0.6 is 0 Å². The minimum absolute atomic E-state index is 0.0974. The molecule has 1 atom stereocenters. The third-order valence-corrected chi connectivity index (χ3v) is 4.86. The van der Waals surface area contributed by atoms with Crippen LogP contribution in [0.25, 0.3) is 0 Å². The summed E-state index contributed by atoms with van der Waals surface area (Å²) < 4.78 is 39.9. The average molecular weight is 371 g/mol. The zero-order valence-corrected chi connectivity index (χ0v) is 14.8. The molecule has 2 saturated heterocycles. The predicted molar refractivity (Wildman–Crippen MR) is 92.1 cm³/mol. The van der Waals surface area contributed by atoms with Gasteiger partial charge in [-0.15, -0.1) is 0 Å². The molecule has 1 aromatic heterocycles. The van der Waals surface area contributed by atoms with E-state index in [4.69, 9.17) is 0 Å². The van der Waals surface area contributed by atoms with Gasteiger partial charge in [0.15, 0.2) is 5.69 Å². The third kappa shape index (κ3) is 4.56. The number of alkyl halides is 3. The van der Waals surface area contributed by atoms with Crippen LogP contribution < -0.4 is 15.1 Å². The molecular weight excluding hydrogens is 347 g/mol. The lowest BCUT2D eigenvalue weighted by Gasteiger charge is -2.34. The van der Waals surface area contributed by atoms with E-state index in [2.05, 4.69) is 15.3 Å². The fourth-order valence-corrected chi connectivity index (χ4v) is 3.52. The second-order valence-corrected chi connectivity index (χ2v) is 6.99. The van der Waals surface area contributed by atoms with Gasteiger partial charge in [-0.05, 0) is 31.6 Å². The van der Waals surface area contributed by atoms with Crippen LogP contribution in [0.2, 0.25) is 0 Å². The fraction of sp³-hybridized carbons (Fsp3) is 0.706. The number of hydrogen-bond acceptors (Lipinski definition) is 5. The molecule has 0 aliphatic carbocycles. The number of halogens is 3. The van der Waals surface area contributed by atoms with E-state index in [0.29, 0.717) is 38.5 Å². The molecule has 2 aliphatic heterocycles. The van der Waals surface area contributed by atoms with Gasteiger partial charge < -0.3 is 15.1 Å². The summed E-state index contributed by atoms with van der Waals surface area (Å²) in [7, 11) is 0. The molecule has 2 fully saturated rings. The molecule has 1 amide bonds. The molecule has 1 N–H and O–H groups in total. The lowest BCUT2D eigenvalue weighted by molar-refractivity contribution is -0.141. The van der Waals surface area contributed by atoms with E-state index in [0.717, 1.165) is 31.7 Å². The SMILES string of the molecule is CC(=O)NCC1CCCN(c2cc(C(F)(F)F)nc(N3CCCC3)n2)C1. The van der Waals surface area contributed by atoms with Crippen LogP contribution in [0.5, 0.6) is 0 Å². The minimum Gasteiger partial charge on any atom is -0.356 e. The normalized spacial score (nSPS) is 21.2. The number of carbonyl (C=O) groups excluding carboxylic acids is 1. The Bertz CT molecular complexity index is 646. The topological polar surface area (TPSA) is 61.4 Å². The summed E-state index contributed by atoms with van der Waals surface area (Å²) in [5.74, 6) is 0.588. The molecule has 0 saturated carbocycles. The van der Waals surface area contributed by atoms with Crippen molar-refractivity contribution in [3.05, 3.63) is 11.8 Å². The Labute approximate surface area is 150 Å². The lowest BCUT2D eigenvalue weighted by atomic mass is 9.98. The van der Waals surface area contributed by atoms with Gasteiger partial charge in [-0.2, -0.15) is 18.2 Å². The monoisotopic (exact) mass is 371 g/mol. The van der Waals surface area contributed by atoms with Crippen LogP contribution in [0.3, 0.4) is 0 Å². The Hall–Kier alpha value is -2.06. The first kappa shape index (κ1) is 18.7. The Morgan fingerprint density at radius 1 is 1.19 bits per heavy atom. The maximum Gasteiger partial charge on any atom is 0.433 e. The number of anilines is 2. The molecule has 0 radical (unpaired) electrons. The standard InChI is InChI=1S/C17H24F3N5O/c1-12(26)21-10-13-5-4-8-25(11-13)15-9-14(17(18,19)20)22-16(23-15)24-6-2-3-7-24/h9,13H,2-8,10-11H2,1H3,(H,21,26). The van der Waals surface area contributed by atoms with Gasteiger partial charge in [0.05, 0.1) is 0 Å². The Kier molecular flexibility index (Phi) is 5.52. The number of aromatic nitrogens is 2. The van der Waals surface area contributed by atoms with Crippen LogP contribution in [0, 0.1) is 5.92 Å². The molecule has 0 bridgehead atoms. The highest BCUT2D eigenvalue weighted by molar-refractivity contribution is 5.72. The van der Waals surface area contributed by atoms with Crippen LogP contribution in [0.4, 0.5) is 24.9 Å². The van der Waals surface area contributed by atoms with Crippen molar-refractivity contribution in [1.82, 2.24) is 15.3 Å². The van der Waals surface area contributed by atoms with Crippen molar-refractivity contribution in [2.45, 2.75) is 38.8 Å². The highest BCUT2D eigenvalue weighted by Crippen LogP contribution is 2.33.